The number of carboxylic acid groups (broad SMARTS) is 1. The monoisotopic (exact) mass is 629 g/mol. The van der Waals surface area contributed by atoms with Gasteiger partial charge in [0.05, 0.1) is 19.2 Å². The third-order valence-electron chi connectivity index (χ3n) is 7.60. The third kappa shape index (κ3) is 9.49. The molecule has 2 aromatic rings. The highest BCUT2D eigenvalue weighted by atomic mass is 16.4. The minimum absolute atomic E-state index is 0.0288. The SMILES string of the molecule is CC(C)C[C@H](NC(=O)[C@H](CO)NC(=O)[C@@H]1CCCN1C(=O)[C@H](C)NC(=O)CNC(=O)[C@@H](N)Cc1c[nH]c2ccccc12)C(=O)O. The number of amides is 5. The fraction of sp³-hybridized carbons (Fsp3) is 0.533. The lowest BCUT2D eigenvalue weighted by Crippen LogP contribution is -2.58. The average Bonchev–Trinajstić information content (AvgIpc) is 3.65. The number of aromatic nitrogens is 1. The van der Waals surface area contributed by atoms with Crippen LogP contribution in [0.2, 0.25) is 0 Å². The molecule has 1 aliphatic rings. The first-order valence-corrected chi connectivity index (χ1v) is 14.9. The normalized spacial score (nSPS) is 17.3. The largest absolute Gasteiger partial charge is 0.480 e. The predicted molar refractivity (Wildman–Crippen MR) is 163 cm³/mol. The Labute approximate surface area is 260 Å². The molecule has 246 valence electrons. The van der Waals surface area contributed by atoms with Gasteiger partial charge in [0.25, 0.3) is 0 Å². The number of nitrogens with zero attached hydrogens (tertiary/aromatic N) is 1. The van der Waals surface area contributed by atoms with Gasteiger partial charge in [-0.05, 0) is 50.2 Å². The van der Waals surface area contributed by atoms with Gasteiger partial charge in [0.15, 0.2) is 0 Å². The van der Waals surface area contributed by atoms with Gasteiger partial charge in [0, 0.05) is 23.6 Å². The maximum absolute atomic E-state index is 13.2. The highest BCUT2D eigenvalue weighted by Gasteiger charge is 2.38. The van der Waals surface area contributed by atoms with Crippen LogP contribution in [-0.4, -0.2) is 106 Å². The lowest BCUT2D eigenvalue weighted by molar-refractivity contribution is -0.144. The number of aliphatic carboxylic acids is 1. The van der Waals surface area contributed by atoms with E-state index in [1.165, 1.54) is 11.8 Å². The van der Waals surface area contributed by atoms with Crippen molar-refractivity contribution in [2.45, 2.75) is 76.7 Å². The van der Waals surface area contributed by atoms with Crippen LogP contribution < -0.4 is 27.0 Å². The minimum atomic E-state index is -1.42. The molecular weight excluding hydrogens is 586 g/mol. The summed E-state index contributed by atoms with van der Waals surface area (Å²) in [4.78, 5) is 79.8. The molecule has 0 aliphatic carbocycles. The Bertz CT molecular complexity index is 1390. The number of para-hydroxylation sites is 1. The second-order valence-corrected chi connectivity index (χ2v) is 11.6. The van der Waals surface area contributed by atoms with Crippen LogP contribution in [0.5, 0.6) is 0 Å². The lowest BCUT2D eigenvalue weighted by atomic mass is 10.0. The number of carbonyl (C=O) groups excluding carboxylic acids is 5. The van der Waals surface area contributed by atoms with Gasteiger partial charge >= 0.3 is 5.97 Å². The summed E-state index contributed by atoms with van der Waals surface area (Å²) in [6.07, 6.45) is 2.96. The molecule has 0 saturated carbocycles. The van der Waals surface area contributed by atoms with Gasteiger partial charge in [-0.3, -0.25) is 24.0 Å². The van der Waals surface area contributed by atoms with Crippen molar-refractivity contribution in [2.75, 3.05) is 19.7 Å². The van der Waals surface area contributed by atoms with Crippen LogP contribution in [0.3, 0.4) is 0 Å². The molecule has 2 heterocycles. The number of hydrogen-bond acceptors (Lipinski definition) is 8. The smallest absolute Gasteiger partial charge is 0.326 e. The summed E-state index contributed by atoms with van der Waals surface area (Å²) in [5, 5.41) is 29.8. The van der Waals surface area contributed by atoms with E-state index in [2.05, 4.69) is 26.3 Å². The minimum Gasteiger partial charge on any atom is -0.480 e. The molecule has 0 radical (unpaired) electrons. The predicted octanol–water partition coefficient (Wildman–Crippen LogP) is -1.26. The number of nitrogens with one attached hydrogen (secondary N) is 5. The van der Waals surface area contributed by atoms with E-state index in [9.17, 15) is 39.0 Å². The van der Waals surface area contributed by atoms with E-state index in [-0.39, 0.29) is 31.7 Å². The van der Waals surface area contributed by atoms with Crippen molar-refractivity contribution in [2.24, 2.45) is 11.7 Å². The molecule has 1 fully saturated rings. The summed E-state index contributed by atoms with van der Waals surface area (Å²) in [6.45, 7) is 4.06. The van der Waals surface area contributed by atoms with Gasteiger partial charge in [-0.15, -0.1) is 0 Å². The molecule has 15 heteroatoms. The van der Waals surface area contributed by atoms with E-state index in [1.54, 1.807) is 20.0 Å². The summed E-state index contributed by atoms with van der Waals surface area (Å²) in [5.41, 5.74) is 7.84. The summed E-state index contributed by atoms with van der Waals surface area (Å²) in [6, 6.07) is 2.07. The number of aromatic amines is 1. The zero-order chi connectivity index (χ0) is 33.3. The molecule has 5 amide bonds. The summed E-state index contributed by atoms with van der Waals surface area (Å²) >= 11 is 0. The number of benzene rings is 1. The molecule has 0 spiro atoms. The molecule has 1 aliphatic heterocycles. The summed E-state index contributed by atoms with van der Waals surface area (Å²) < 4.78 is 0. The van der Waals surface area contributed by atoms with Crippen LogP contribution in [0.25, 0.3) is 10.9 Å². The quantitative estimate of drug-likeness (QED) is 0.117. The number of rotatable bonds is 15. The van der Waals surface area contributed by atoms with Crippen molar-refractivity contribution < 1.29 is 39.0 Å². The Morgan fingerprint density at radius 3 is 2.40 bits per heavy atom. The van der Waals surface area contributed by atoms with Crippen LogP contribution in [0, 0.1) is 5.92 Å². The van der Waals surface area contributed by atoms with Crippen molar-refractivity contribution in [3.05, 3.63) is 36.0 Å². The second kappa shape index (κ2) is 16.0. The van der Waals surface area contributed by atoms with Gasteiger partial charge in [0.1, 0.15) is 24.2 Å². The number of fused-ring (bicyclic) bond motifs is 1. The number of H-pyrrole nitrogens is 1. The highest BCUT2D eigenvalue weighted by molar-refractivity contribution is 5.96. The number of carbonyl (C=O) groups is 6. The van der Waals surface area contributed by atoms with Crippen molar-refractivity contribution >= 4 is 46.4 Å². The van der Waals surface area contributed by atoms with Crippen molar-refractivity contribution in [3.8, 4) is 0 Å². The maximum atomic E-state index is 13.2. The molecule has 0 bridgehead atoms. The Hall–Kier alpha value is -4.50. The molecule has 5 atom stereocenters. The fourth-order valence-corrected chi connectivity index (χ4v) is 5.26. The van der Waals surface area contributed by atoms with Crippen LogP contribution in [0.4, 0.5) is 0 Å². The van der Waals surface area contributed by atoms with Gasteiger partial charge in [-0.2, -0.15) is 0 Å². The third-order valence-corrected chi connectivity index (χ3v) is 7.60. The average molecular weight is 630 g/mol. The van der Waals surface area contributed by atoms with Crippen molar-refractivity contribution in [1.29, 1.82) is 0 Å². The van der Waals surface area contributed by atoms with Crippen molar-refractivity contribution in [3.63, 3.8) is 0 Å². The van der Waals surface area contributed by atoms with E-state index >= 15 is 0 Å². The topological polar surface area (TPSA) is 236 Å². The Kier molecular flexibility index (Phi) is 12.4. The van der Waals surface area contributed by atoms with Gasteiger partial charge in [0.2, 0.25) is 29.5 Å². The standard InChI is InChI=1S/C30H43N7O8/c1-16(2)11-22(30(44)45)35-27(41)23(15-38)36-28(42)24-9-6-10-37(24)29(43)17(3)34-25(39)14-33-26(40)20(31)12-18-13-32-21-8-5-4-7-19(18)21/h4-5,7-8,13,16-17,20,22-24,32,38H,6,9-12,14-15,31H2,1-3H3,(H,33,40)(H,34,39)(H,35,41)(H,36,42)(H,44,45)/t17-,20-,22-,23-,24-/m0/s1. The van der Waals surface area contributed by atoms with Crippen molar-refractivity contribution in [1.82, 2.24) is 31.2 Å². The number of likely N-dealkylation sites (tertiary alicyclic amines) is 1. The number of nitrogens with two attached hydrogens (primary N) is 1. The van der Waals surface area contributed by atoms with Gasteiger partial charge < -0.3 is 47.1 Å². The maximum Gasteiger partial charge on any atom is 0.326 e. The number of carboxylic acids is 1. The van der Waals surface area contributed by atoms with E-state index < -0.39 is 78.9 Å². The van der Waals surface area contributed by atoms with E-state index in [1.807, 2.05) is 24.3 Å². The van der Waals surface area contributed by atoms with E-state index in [4.69, 9.17) is 5.73 Å². The van der Waals surface area contributed by atoms with E-state index in [0.29, 0.717) is 6.42 Å². The molecule has 1 aromatic heterocycles. The Morgan fingerprint density at radius 1 is 1.02 bits per heavy atom. The van der Waals surface area contributed by atoms with Crippen LogP contribution in [-0.2, 0) is 35.2 Å². The fourth-order valence-electron chi connectivity index (χ4n) is 5.26. The second-order valence-electron chi connectivity index (χ2n) is 11.6. The first-order chi connectivity index (χ1) is 21.3. The highest BCUT2D eigenvalue weighted by Crippen LogP contribution is 2.20. The zero-order valence-electron chi connectivity index (χ0n) is 25.7. The van der Waals surface area contributed by atoms with Crippen LogP contribution in [0.15, 0.2) is 30.5 Å². The first kappa shape index (κ1) is 35.0. The summed E-state index contributed by atoms with van der Waals surface area (Å²) in [7, 11) is 0. The molecule has 9 N–H and O–H groups in total. The van der Waals surface area contributed by atoms with Gasteiger partial charge in [-0.1, -0.05) is 32.0 Å². The van der Waals surface area contributed by atoms with Crippen LogP contribution in [0.1, 0.15) is 45.6 Å². The molecule has 3 rings (SSSR count). The first-order valence-electron chi connectivity index (χ1n) is 14.9. The van der Waals surface area contributed by atoms with Crippen LogP contribution >= 0.6 is 0 Å². The molecule has 45 heavy (non-hydrogen) atoms. The molecule has 1 saturated heterocycles. The number of aliphatic hydroxyl groups excluding tert-OH is 1. The van der Waals surface area contributed by atoms with Gasteiger partial charge in [-0.25, -0.2) is 4.79 Å². The molecule has 0 unspecified atom stereocenters. The lowest BCUT2D eigenvalue weighted by Gasteiger charge is -2.28. The number of aliphatic hydroxyl groups is 1. The van der Waals surface area contributed by atoms with E-state index in [0.717, 1.165) is 16.5 Å². The Balaban J connectivity index is 1.49. The molecule has 1 aromatic carbocycles. The molecular formula is C30H43N7O8. The summed E-state index contributed by atoms with van der Waals surface area (Å²) in [5.74, 6) is -4.53. The zero-order valence-corrected chi connectivity index (χ0v) is 25.7. The Morgan fingerprint density at radius 2 is 1.73 bits per heavy atom. The molecule has 15 nitrogen and oxygen atoms in total. The number of hydrogen-bond donors (Lipinski definition) is 8.